The first kappa shape index (κ1) is 18.5. The fraction of sp³-hybridized carbons (Fsp3) is 0.882. The molecule has 2 bridgehead atoms. The number of carbonyl (C=O) groups excluding carboxylic acids is 2. The van der Waals surface area contributed by atoms with Gasteiger partial charge in [-0.2, -0.15) is 13.2 Å². The van der Waals surface area contributed by atoms with Crippen LogP contribution in [0.3, 0.4) is 0 Å². The second-order valence-electron chi connectivity index (χ2n) is 7.48. The molecule has 142 valence electrons. The second kappa shape index (κ2) is 7.13. The van der Waals surface area contributed by atoms with Gasteiger partial charge in [-0.05, 0) is 37.5 Å². The first-order chi connectivity index (χ1) is 11.8. The summed E-state index contributed by atoms with van der Waals surface area (Å²) in [5.74, 6) is -3.63. The van der Waals surface area contributed by atoms with Crippen molar-refractivity contribution in [2.75, 3.05) is 26.2 Å². The van der Waals surface area contributed by atoms with Crippen molar-refractivity contribution in [2.45, 2.75) is 44.9 Å². The predicted octanol–water partition coefficient (Wildman–Crippen LogP) is 1.96. The van der Waals surface area contributed by atoms with Crippen molar-refractivity contribution in [1.82, 2.24) is 10.2 Å². The Kier molecular flexibility index (Phi) is 5.27. The maximum Gasteiger partial charge on any atom is 0.392 e. The minimum Gasteiger partial charge on any atom is -0.373 e. The highest BCUT2D eigenvalue weighted by atomic mass is 19.4. The molecule has 0 spiro atoms. The summed E-state index contributed by atoms with van der Waals surface area (Å²) in [4.78, 5) is 25.5. The standard InChI is InChI=1S/C17H25F3N2O3/c1-10(23)21-8-13-9-22(6-7-25-13)16(24)14-11-2-4-12(5-3-11)15(14)17(18,19)20/h11-15H,2-9H2,1H3,(H,21,23)/t11?,12?,13?,14-,15-/m0/s1. The summed E-state index contributed by atoms with van der Waals surface area (Å²) >= 11 is 0. The number of amides is 2. The van der Waals surface area contributed by atoms with Crippen LogP contribution in [-0.4, -0.2) is 55.2 Å². The molecule has 5 nitrogen and oxygen atoms in total. The van der Waals surface area contributed by atoms with Gasteiger partial charge in [0, 0.05) is 26.6 Å². The summed E-state index contributed by atoms with van der Waals surface area (Å²) in [5, 5.41) is 2.63. The molecule has 1 heterocycles. The number of hydrogen-bond donors (Lipinski definition) is 1. The molecule has 0 radical (unpaired) electrons. The Balaban J connectivity index is 1.71. The van der Waals surface area contributed by atoms with Crippen molar-refractivity contribution in [3.8, 4) is 0 Å². The zero-order valence-corrected chi connectivity index (χ0v) is 14.3. The second-order valence-corrected chi connectivity index (χ2v) is 7.48. The first-order valence-corrected chi connectivity index (χ1v) is 8.99. The van der Waals surface area contributed by atoms with E-state index in [1.807, 2.05) is 0 Å². The van der Waals surface area contributed by atoms with Gasteiger partial charge in [-0.25, -0.2) is 0 Å². The summed E-state index contributed by atoms with van der Waals surface area (Å²) in [6.45, 7) is 2.48. The maximum absolute atomic E-state index is 13.6. The van der Waals surface area contributed by atoms with Crippen LogP contribution in [0.1, 0.15) is 32.6 Å². The molecule has 2 amide bonds. The van der Waals surface area contributed by atoms with Crippen molar-refractivity contribution in [1.29, 1.82) is 0 Å². The minimum absolute atomic E-state index is 0.166. The quantitative estimate of drug-likeness (QED) is 0.835. The Morgan fingerprint density at radius 2 is 1.80 bits per heavy atom. The summed E-state index contributed by atoms with van der Waals surface area (Å²) in [7, 11) is 0. The number of alkyl halides is 3. The molecule has 8 heteroatoms. The highest BCUT2D eigenvalue weighted by Crippen LogP contribution is 2.55. The van der Waals surface area contributed by atoms with Crippen LogP contribution in [0.5, 0.6) is 0 Å². The lowest BCUT2D eigenvalue weighted by atomic mass is 9.58. The topological polar surface area (TPSA) is 58.6 Å². The van der Waals surface area contributed by atoms with Crippen LogP contribution in [0.4, 0.5) is 13.2 Å². The molecule has 3 saturated carbocycles. The van der Waals surface area contributed by atoms with Gasteiger partial charge in [-0.3, -0.25) is 9.59 Å². The predicted molar refractivity (Wildman–Crippen MR) is 83.5 cm³/mol. The van der Waals surface area contributed by atoms with Crippen LogP contribution >= 0.6 is 0 Å². The third-order valence-corrected chi connectivity index (χ3v) is 5.91. The number of carbonyl (C=O) groups is 2. The van der Waals surface area contributed by atoms with Gasteiger partial charge in [0.05, 0.1) is 24.5 Å². The van der Waals surface area contributed by atoms with Crippen molar-refractivity contribution in [3.05, 3.63) is 0 Å². The highest BCUT2D eigenvalue weighted by Gasteiger charge is 2.58. The van der Waals surface area contributed by atoms with Gasteiger partial charge in [0.2, 0.25) is 11.8 Å². The number of morpholine rings is 1. The first-order valence-electron chi connectivity index (χ1n) is 8.99. The molecule has 1 saturated heterocycles. The zero-order chi connectivity index (χ0) is 18.2. The fourth-order valence-corrected chi connectivity index (χ4v) is 4.79. The lowest BCUT2D eigenvalue weighted by Crippen LogP contribution is -2.57. The lowest BCUT2D eigenvalue weighted by Gasteiger charge is -2.50. The molecule has 0 aromatic rings. The average Bonchev–Trinajstić information content (AvgIpc) is 2.59. The van der Waals surface area contributed by atoms with Gasteiger partial charge in [0.25, 0.3) is 0 Å². The molecule has 1 N–H and O–H groups in total. The molecule has 25 heavy (non-hydrogen) atoms. The number of halogens is 3. The Bertz CT molecular complexity index is 518. The Morgan fingerprint density at radius 3 is 2.40 bits per heavy atom. The number of fused-ring (bicyclic) bond motifs is 3. The van der Waals surface area contributed by atoms with Crippen LogP contribution in [0.25, 0.3) is 0 Å². The van der Waals surface area contributed by atoms with Crippen LogP contribution in [0, 0.1) is 23.7 Å². The number of hydrogen-bond acceptors (Lipinski definition) is 3. The average molecular weight is 362 g/mol. The zero-order valence-electron chi connectivity index (χ0n) is 14.3. The Labute approximate surface area is 145 Å². The molecule has 4 fully saturated rings. The highest BCUT2D eigenvalue weighted by molar-refractivity contribution is 5.80. The van der Waals surface area contributed by atoms with Crippen LogP contribution < -0.4 is 5.32 Å². The molecule has 4 aliphatic rings. The molecule has 4 rings (SSSR count). The van der Waals surface area contributed by atoms with Crippen LogP contribution in [0.15, 0.2) is 0 Å². The van der Waals surface area contributed by atoms with Gasteiger partial charge in [0.1, 0.15) is 0 Å². The van der Waals surface area contributed by atoms with Gasteiger partial charge in [-0.15, -0.1) is 0 Å². The molecular weight excluding hydrogens is 337 g/mol. The SMILES string of the molecule is CC(=O)NCC1CN(C(=O)[C@H]2C3CCC(CC3)[C@@H]2C(F)(F)F)CCO1. The largest absolute Gasteiger partial charge is 0.392 e. The Morgan fingerprint density at radius 1 is 1.16 bits per heavy atom. The minimum atomic E-state index is -4.33. The molecule has 1 unspecified atom stereocenters. The van der Waals surface area contributed by atoms with E-state index >= 15 is 0 Å². The smallest absolute Gasteiger partial charge is 0.373 e. The summed E-state index contributed by atoms with van der Waals surface area (Å²) in [6.07, 6.45) is -2.11. The molecule has 3 atom stereocenters. The Hall–Kier alpha value is -1.31. The van der Waals surface area contributed by atoms with E-state index in [4.69, 9.17) is 4.74 Å². The van der Waals surface area contributed by atoms with E-state index in [2.05, 4.69) is 5.32 Å². The van der Waals surface area contributed by atoms with Crippen molar-refractivity contribution in [2.24, 2.45) is 23.7 Å². The molecular formula is C17H25F3N2O3. The summed E-state index contributed by atoms with van der Waals surface area (Å²) in [6, 6.07) is 0. The molecule has 3 aliphatic carbocycles. The van der Waals surface area contributed by atoms with E-state index in [1.165, 1.54) is 11.8 Å². The van der Waals surface area contributed by atoms with Gasteiger partial charge < -0.3 is 15.0 Å². The molecule has 0 aromatic carbocycles. The lowest BCUT2D eigenvalue weighted by molar-refractivity contribution is -0.232. The third-order valence-electron chi connectivity index (χ3n) is 5.91. The normalized spacial score (nSPS) is 35.5. The van der Waals surface area contributed by atoms with Crippen molar-refractivity contribution >= 4 is 11.8 Å². The van der Waals surface area contributed by atoms with E-state index < -0.39 is 23.9 Å². The summed E-state index contributed by atoms with van der Waals surface area (Å²) in [5.41, 5.74) is 0. The number of nitrogens with one attached hydrogen (secondary N) is 1. The fourth-order valence-electron chi connectivity index (χ4n) is 4.79. The molecule has 1 aliphatic heterocycles. The monoisotopic (exact) mass is 362 g/mol. The number of ether oxygens (including phenoxy) is 1. The van der Waals surface area contributed by atoms with Crippen molar-refractivity contribution < 1.29 is 27.5 Å². The van der Waals surface area contributed by atoms with E-state index in [0.29, 0.717) is 32.2 Å². The van der Waals surface area contributed by atoms with Crippen LogP contribution in [0.2, 0.25) is 0 Å². The maximum atomic E-state index is 13.6. The van der Waals surface area contributed by atoms with Gasteiger partial charge in [0.15, 0.2) is 0 Å². The molecule has 0 aromatic heterocycles. The van der Waals surface area contributed by atoms with E-state index in [1.54, 1.807) is 0 Å². The van der Waals surface area contributed by atoms with E-state index in [-0.39, 0.29) is 43.5 Å². The van der Waals surface area contributed by atoms with E-state index in [0.717, 1.165) is 0 Å². The van der Waals surface area contributed by atoms with Gasteiger partial charge in [-0.1, -0.05) is 0 Å². The van der Waals surface area contributed by atoms with E-state index in [9.17, 15) is 22.8 Å². The van der Waals surface area contributed by atoms with Crippen LogP contribution in [-0.2, 0) is 14.3 Å². The number of nitrogens with zero attached hydrogens (tertiary/aromatic N) is 1. The summed E-state index contributed by atoms with van der Waals surface area (Å²) < 4.78 is 46.4. The number of rotatable bonds is 3. The van der Waals surface area contributed by atoms with Gasteiger partial charge >= 0.3 is 6.18 Å². The third kappa shape index (κ3) is 3.93. The van der Waals surface area contributed by atoms with Crippen molar-refractivity contribution in [3.63, 3.8) is 0 Å².